The highest BCUT2D eigenvalue weighted by molar-refractivity contribution is 6.06. The smallest absolute Gasteiger partial charge is 0.237 e. The lowest BCUT2D eigenvalue weighted by Crippen LogP contribution is -2.51. The summed E-state index contributed by atoms with van der Waals surface area (Å²) in [7, 11) is 0. The van der Waals surface area contributed by atoms with Gasteiger partial charge in [0.2, 0.25) is 11.8 Å². The Morgan fingerprint density at radius 1 is 1.20 bits per heavy atom. The molecule has 2 amide bonds. The molecule has 1 unspecified atom stereocenters. The van der Waals surface area contributed by atoms with Gasteiger partial charge in [0.25, 0.3) is 0 Å². The molecule has 0 spiro atoms. The number of amides is 2. The number of likely N-dealkylation sites (tertiary alicyclic amines) is 1. The number of nitrogens with two attached hydrogens (primary N) is 1. The summed E-state index contributed by atoms with van der Waals surface area (Å²) in [5.41, 5.74) is 6.67. The molecule has 1 heterocycles. The Kier molecular flexibility index (Phi) is 4.23. The Labute approximate surface area is 119 Å². The van der Waals surface area contributed by atoms with Crippen molar-refractivity contribution >= 4 is 11.8 Å². The van der Waals surface area contributed by atoms with Crippen LogP contribution >= 0.6 is 0 Å². The maximum atomic E-state index is 12.5. The highest BCUT2D eigenvalue weighted by Gasteiger charge is 2.41. The molecule has 0 aromatic heterocycles. The lowest BCUT2D eigenvalue weighted by molar-refractivity contribution is -0.139. The highest BCUT2D eigenvalue weighted by Crippen LogP contribution is 2.30. The molecular weight excluding hydrogens is 252 g/mol. The van der Waals surface area contributed by atoms with E-state index in [2.05, 4.69) is 0 Å². The molecule has 2 N–H and O–H groups in total. The first-order valence-electron chi connectivity index (χ1n) is 7.19. The van der Waals surface area contributed by atoms with E-state index in [0.717, 1.165) is 18.4 Å². The van der Waals surface area contributed by atoms with Crippen molar-refractivity contribution in [2.45, 2.75) is 44.6 Å². The van der Waals surface area contributed by atoms with Crippen LogP contribution in [0.4, 0.5) is 0 Å². The van der Waals surface area contributed by atoms with Crippen LogP contribution in [-0.2, 0) is 9.59 Å². The zero-order valence-electron chi connectivity index (χ0n) is 12.1. The van der Waals surface area contributed by atoms with Crippen LogP contribution in [-0.4, -0.2) is 28.8 Å². The van der Waals surface area contributed by atoms with Crippen molar-refractivity contribution in [3.05, 3.63) is 35.9 Å². The second kappa shape index (κ2) is 5.75. The van der Waals surface area contributed by atoms with Gasteiger partial charge in [-0.25, -0.2) is 0 Å². The lowest BCUT2D eigenvalue weighted by atomic mass is 9.93. The Morgan fingerprint density at radius 3 is 2.35 bits per heavy atom. The molecule has 2 rings (SSSR count). The summed E-state index contributed by atoms with van der Waals surface area (Å²) < 4.78 is 0. The second-order valence-electron chi connectivity index (χ2n) is 5.55. The first kappa shape index (κ1) is 14.7. The van der Waals surface area contributed by atoms with E-state index in [1.807, 2.05) is 44.2 Å². The zero-order chi connectivity index (χ0) is 14.8. The normalized spacial score (nSPS) is 19.8. The van der Waals surface area contributed by atoms with Gasteiger partial charge in [-0.2, -0.15) is 0 Å². The number of hydrogen-bond donors (Lipinski definition) is 1. The number of imide groups is 1. The number of nitrogens with zero attached hydrogens (tertiary/aromatic N) is 1. The first-order chi connectivity index (χ1) is 9.50. The van der Waals surface area contributed by atoms with Gasteiger partial charge in [-0.05, 0) is 18.4 Å². The van der Waals surface area contributed by atoms with Crippen molar-refractivity contribution in [2.24, 2.45) is 5.73 Å². The van der Waals surface area contributed by atoms with Crippen LogP contribution in [0.3, 0.4) is 0 Å². The van der Waals surface area contributed by atoms with Crippen LogP contribution in [0.1, 0.15) is 44.6 Å². The summed E-state index contributed by atoms with van der Waals surface area (Å²) in [5.74, 6) is -0.569. The van der Waals surface area contributed by atoms with E-state index in [1.165, 1.54) is 4.90 Å². The van der Waals surface area contributed by atoms with E-state index in [-0.39, 0.29) is 24.2 Å². The molecule has 1 aliphatic heterocycles. The predicted molar refractivity (Wildman–Crippen MR) is 78.0 cm³/mol. The molecule has 1 saturated heterocycles. The van der Waals surface area contributed by atoms with Gasteiger partial charge < -0.3 is 5.73 Å². The number of hydrogen-bond acceptors (Lipinski definition) is 3. The Balaban J connectivity index is 2.18. The number of carbonyl (C=O) groups is 2. The van der Waals surface area contributed by atoms with Gasteiger partial charge in [-0.3, -0.25) is 14.5 Å². The fourth-order valence-electron chi connectivity index (χ4n) is 2.58. The summed E-state index contributed by atoms with van der Waals surface area (Å²) in [6.45, 7) is 4.30. The van der Waals surface area contributed by atoms with Gasteiger partial charge in [0.15, 0.2) is 0 Å². The molecular formula is C16H22N2O2. The third-order valence-electron chi connectivity index (χ3n) is 4.33. The second-order valence-corrected chi connectivity index (χ2v) is 5.55. The summed E-state index contributed by atoms with van der Waals surface area (Å²) >= 11 is 0. The molecule has 108 valence electrons. The molecule has 20 heavy (non-hydrogen) atoms. The molecule has 4 nitrogen and oxygen atoms in total. The Hall–Kier alpha value is -1.68. The fourth-order valence-corrected chi connectivity index (χ4v) is 2.58. The van der Waals surface area contributed by atoms with Crippen molar-refractivity contribution in [2.75, 3.05) is 6.54 Å². The van der Waals surface area contributed by atoms with Crippen LogP contribution in [0.5, 0.6) is 0 Å². The number of benzene rings is 1. The van der Waals surface area contributed by atoms with Crippen molar-refractivity contribution in [1.82, 2.24) is 4.90 Å². The largest absolute Gasteiger partial charge is 0.324 e. The minimum Gasteiger partial charge on any atom is -0.324 e. The maximum absolute atomic E-state index is 12.5. The molecule has 0 bridgehead atoms. The lowest BCUT2D eigenvalue weighted by Gasteiger charge is -2.31. The standard InChI is InChI=1S/C16H22N2O2/c1-3-16(17,4-2)11-18-14(19)10-13(15(18)20)12-8-6-5-7-9-12/h5-9,13H,3-4,10-11,17H2,1-2H3. The molecule has 1 atom stereocenters. The molecule has 0 saturated carbocycles. The highest BCUT2D eigenvalue weighted by atomic mass is 16.2. The Morgan fingerprint density at radius 2 is 1.80 bits per heavy atom. The van der Waals surface area contributed by atoms with Crippen LogP contribution in [0.15, 0.2) is 30.3 Å². The van der Waals surface area contributed by atoms with Gasteiger partial charge in [-0.1, -0.05) is 44.2 Å². The molecule has 1 aliphatic rings. The first-order valence-corrected chi connectivity index (χ1v) is 7.19. The average Bonchev–Trinajstić information content (AvgIpc) is 2.76. The fraction of sp³-hybridized carbons (Fsp3) is 0.500. The van der Waals surface area contributed by atoms with Crippen molar-refractivity contribution in [3.63, 3.8) is 0 Å². The van der Waals surface area contributed by atoms with E-state index in [0.29, 0.717) is 6.54 Å². The van der Waals surface area contributed by atoms with E-state index in [1.54, 1.807) is 0 Å². The van der Waals surface area contributed by atoms with Gasteiger partial charge in [-0.15, -0.1) is 0 Å². The molecule has 0 radical (unpaired) electrons. The monoisotopic (exact) mass is 274 g/mol. The molecule has 1 aromatic carbocycles. The maximum Gasteiger partial charge on any atom is 0.237 e. The third kappa shape index (κ3) is 2.75. The number of carbonyl (C=O) groups excluding carboxylic acids is 2. The molecule has 1 fully saturated rings. The minimum absolute atomic E-state index is 0.111. The van der Waals surface area contributed by atoms with E-state index < -0.39 is 5.54 Å². The average molecular weight is 274 g/mol. The van der Waals surface area contributed by atoms with Crippen LogP contribution in [0.25, 0.3) is 0 Å². The topological polar surface area (TPSA) is 63.4 Å². The van der Waals surface area contributed by atoms with Gasteiger partial charge in [0.05, 0.1) is 5.92 Å². The summed E-state index contributed by atoms with van der Waals surface area (Å²) in [4.78, 5) is 26.0. The quantitative estimate of drug-likeness (QED) is 0.836. The van der Waals surface area contributed by atoms with Gasteiger partial charge in [0.1, 0.15) is 0 Å². The van der Waals surface area contributed by atoms with Crippen molar-refractivity contribution in [1.29, 1.82) is 0 Å². The van der Waals surface area contributed by atoms with Crippen molar-refractivity contribution in [3.8, 4) is 0 Å². The summed E-state index contributed by atoms with van der Waals surface area (Å²) in [5, 5.41) is 0. The third-order valence-corrected chi connectivity index (χ3v) is 4.33. The molecule has 1 aromatic rings. The van der Waals surface area contributed by atoms with E-state index in [9.17, 15) is 9.59 Å². The van der Waals surface area contributed by atoms with Gasteiger partial charge in [0, 0.05) is 18.5 Å². The predicted octanol–water partition coefficient (Wildman–Crippen LogP) is 2.05. The SMILES string of the molecule is CCC(N)(CC)CN1C(=O)CC(c2ccccc2)C1=O. The Bertz CT molecular complexity index is 494. The van der Waals surface area contributed by atoms with Crippen molar-refractivity contribution < 1.29 is 9.59 Å². The summed E-state index contributed by atoms with van der Waals surface area (Å²) in [6, 6.07) is 9.48. The minimum atomic E-state index is -0.475. The number of rotatable bonds is 5. The molecule has 0 aliphatic carbocycles. The van der Waals surface area contributed by atoms with Gasteiger partial charge >= 0.3 is 0 Å². The van der Waals surface area contributed by atoms with Crippen LogP contribution in [0, 0.1) is 0 Å². The zero-order valence-corrected chi connectivity index (χ0v) is 12.1. The summed E-state index contributed by atoms with van der Waals surface area (Å²) in [6.07, 6.45) is 1.75. The van der Waals surface area contributed by atoms with E-state index >= 15 is 0 Å². The van der Waals surface area contributed by atoms with Crippen LogP contribution in [0.2, 0.25) is 0 Å². The van der Waals surface area contributed by atoms with E-state index in [4.69, 9.17) is 5.73 Å². The van der Waals surface area contributed by atoms with Crippen LogP contribution < -0.4 is 5.73 Å². The molecule has 4 heteroatoms.